The summed E-state index contributed by atoms with van der Waals surface area (Å²) >= 11 is 0. The Morgan fingerprint density at radius 3 is 2.75 bits per heavy atom. The van der Waals surface area contributed by atoms with E-state index in [1.807, 2.05) is 13.8 Å². The highest BCUT2D eigenvalue weighted by Gasteiger charge is 2.07. The molecule has 0 saturated carbocycles. The van der Waals surface area contributed by atoms with Crippen LogP contribution in [-0.4, -0.2) is 22.2 Å². The van der Waals surface area contributed by atoms with Crippen LogP contribution >= 0.6 is 0 Å². The van der Waals surface area contributed by atoms with Crippen molar-refractivity contribution in [2.24, 2.45) is 0 Å². The summed E-state index contributed by atoms with van der Waals surface area (Å²) < 4.78 is 0. The predicted molar refractivity (Wildman–Crippen MR) is 63.1 cm³/mol. The fourth-order valence-electron chi connectivity index (χ4n) is 1.63. The number of nitriles is 1. The summed E-state index contributed by atoms with van der Waals surface area (Å²) in [6, 6.07) is 5.67. The van der Waals surface area contributed by atoms with Crippen LogP contribution in [0.1, 0.15) is 31.5 Å². The van der Waals surface area contributed by atoms with Crippen molar-refractivity contribution in [1.29, 1.82) is 5.26 Å². The maximum atomic E-state index is 9.24. The molecule has 4 heteroatoms. The maximum Gasteiger partial charge on any atom is 0.127 e. The third-order valence-corrected chi connectivity index (χ3v) is 2.17. The third kappa shape index (κ3) is 3.87. The van der Waals surface area contributed by atoms with Gasteiger partial charge in [0.15, 0.2) is 0 Å². The van der Waals surface area contributed by atoms with Gasteiger partial charge in [-0.1, -0.05) is 0 Å². The number of aryl methyl sites for hydroxylation is 1. The van der Waals surface area contributed by atoms with Crippen LogP contribution in [0.4, 0.5) is 5.82 Å². The second-order valence-electron chi connectivity index (χ2n) is 4.12. The number of aromatic nitrogens is 1. The molecule has 2 N–H and O–H groups in total. The van der Waals surface area contributed by atoms with Gasteiger partial charge < -0.3 is 10.4 Å². The summed E-state index contributed by atoms with van der Waals surface area (Å²) in [6.45, 7) is 5.58. The maximum absolute atomic E-state index is 9.24. The quantitative estimate of drug-likeness (QED) is 0.810. The molecule has 0 aliphatic heterocycles. The summed E-state index contributed by atoms with van der Waals surface area (Å²) in [6.07, 6.45) is 0.306. The standard InChI is InChI=1S/C12H17N3O/c1-8(4-10(3)16)14-12-6-11(7-13)5-9(2)15-12/h5-6,8,10,16H,4H2,1-3H3,(H,14,15). The molecule has 4 nitrogen and oxygen atoms in total. The number of nitrogens with zero attached hydrogens (tertiary/aromatic N) is 2. The Morgan fingerprint density at radius 2 is 2.19 bits per heavy atom. The summed E-state index contributed by atoms with van der Waals surface area (Å²) in [4.78, 5) is 4.29. The van der Waals surface area contributed by atoms with Crippen molar-refractivity contribution in [3.8, 4) is 6.07 Å². The first-order valence-corrected chi connectivity index (χ1v) is 5.34. The van der Waals surface area contributed by atoms with Gasteiger partial charge in [-0.15, -0.1) is 0 Å². The lowest BCUT2D eigenvalue weighted by Gasteiger charge is -2.16. The fourth-order valence-corrected chi connectivity index (χ4v) is 1.63. The van der Waals surface area contributed by atoms with Crippen LogP contribution in [0.25, 0.3) is 0 Å². The SMILES string of the molecule is Cc1cc(C#N)cc(NC(C)CC(C)O)n1. The molecule has 1 aromatic rings. The third-order valence-electron chi connectivity index (χ3n) is 2.17. The Kier molecular flexibility index (Phi) is 4.27. The van der Waals surface area contributed by atoms with Crippen molar-refractivity contribution in [2.75, 3.05) is 5.32 Å². The molecule has 2 unspecified atom stereocenters. The molecule has 16 heavy (non-hydrogen) atoms. The van der Waals surface area contributed by atoms with Gasteiger partial charge in [0, 0.05) is 11.7 Å². The molecule has 0 fully saturated rings. The van der Waals surface area contributed by atoms with Gasteiger partial charge in [0.2, 0.25) is 0 Å². The first kappa shape index (κ1) is 12.5. The van der Waals surface area contributed by atoms with E-state index in [0.717, 1.165) is 5.69 Å². The minimum atomic E-state index is -0.345. The number of aliphatic hydroxyl groups is 1. The van der Waals surface area contributed by atoms with Crippen LogP contribution in [0.3, 0.4) is 0 Å². The van der Waals surface area contributed by atoms with Gasteiger partial charge in [0.05, 0.1) is 17.7 Å². The molecule has 0 aliphatic rings. The molecule has 0 radical (unpaired) electrons. The monoisotopic (exact) mass is 219 g/mol. The van der Waals surface area contributed by atoms with Crippen molar-refractivity contribution < 1.29 is 5.11 Å². The fraction of sp³-hybridized carbons (Fsp3) is 0.500. The number of rotatable bonds is 4. The Bertz CT molecular complexity index is 396. The molecule has 0 aliphatic carbocycles. The van der Waals surface area contributed by atoms with E-state index in [9.17, 15) is 5.11 Å². The Labute approximate surface area is 95.9 Å². The number of aliphatic hydroxyl groups excluding tert-OH is 1. The average molecular weight is 219 g/mol. The molecule has 86 valence electrons. The van der Waals surface area contributed by atoms with E-state index in [0.29, 0.717) is 17.8 Å². The number of anilines is 1. The smallest absolute Gasteiger partial charge is 0.127 e. The average Bonchev–Trinajstić information content (AvgIpc) is 2.14. The van der Waals surface area contributed by atoms with Crippen molar-refractivity contribution in [2.45, 2.75) is 39.3 Å². The van der Waals surface area contributed by atoms with Gasteiger partial charge in [-0.25, -0.2) is 4.98 Å². The van der Waals surface area contributed by atoms with Crippen LogP contribution in [0, 0.1) is 18.3 Å². The molecular weight excluding hydrogens is 202 g/mol. The van der Waals surface area contributed by atoms with E-state index in [4.69, 9.17) is 5.26 Å². The van der Waals surface area contributed by atoms with Gasteiger partial charge in [-0.2, -0.15) is 5.26 Å². The molecule has 0 spiro atoms. The molecule has 1 aromatic heterocycles. The van der Waals surface area contributed by atoms with E-state index >= 15 is 0 Å². The molecular formula is C12H17N3O. The van der Waals surface area contributed by atoms with Crippen molar-refractivity contribution in [3.63, 3.8) is 0 Å². The molecule has 0 bridgehead atoms. The van der Waals surface area contributed by atoms with Crippen LogP contribution in [0.15, 0.2) is 12.1 Å². The second-order valence-corrected chi connectivity index (χ2v) is 4.12. The minimum absolute atomic E-state index is 0.126. The minimum Gasteiger partial charge on any atom is -0.393 e. The Balaban J connectivity index is 2.74. The van der Waals surface area contributed by atoms with E-state index < -0.39 is 0 Å². The summed E-state index contributed by atoms with van der Waals surface area (Å²) in [7, 11) is 0. The highest BCUT2D eigenvalue weighted by Crippen LogP contribution is 2.12. The first-order chi connectivity index (χ1) is 7.51. The number of pyridine rings is 1. The summed E-state index contributed by atoms with van der Waals surface area (Å²) in [5.41, 5.74) is 1.41. The van der Waals surface area contributed by atoms with Gasteiger partial charge in [0.25, 0.3) is 0 Å². The lowest BCUT2D eigenvalue weighted by Crippen LogP contribution is -2.21. The topological polar surface area (TPSA) is 68.9 Å². The van der Waals surface area contributed by atoms with E-state index in [2.05, 4.69) is 16.4 Å². The van der Waals surface area contributed by atoms with Gasteiger partial charge in [-0.05, 0) is 39.3 Å². The summed E-state index contributed by atoms with van der Waals surface area (Å²) in [5, 5.41) is 21.2. The van der Waals surface area contributed by atoms with Gasteiger partial charge in [-0.3, -0.25) is 0 Å². The van der Waals surface area contributed by atoms with Crippen molar-refractivity contribution >= 4 is 5.82 Å². The van der Waals surface area contributed by atoms with Crippen molar-refractivity contribution in [3.05, 3.63) is 23.4 Å². The Hall–Kier alpha value is -1.60. The molecule has 0 amide bonds. The number of hydrogen-bond donors (Lipinski definition) is 2. The van der Waals surface area contributed by atoms with E-state index in [1.165, 1.54) is 0 Å². The van der Waals surface area contributed by atoms with Crippen LogP contribution in [-0.2, 0) is 0 Å². The van der Waals surface area contributed by atoms with Crippen LogP contribution in [0.5, 0.6) is 0 Å². The highest BCUT2D eigenvalue weighted by molar-refractivity contribution is 5.44. The van der Waals surface area contributed by atoms with Crippen LogP contribution in [0.2, 0.25) is 0 Å². The van der Waals surface area contributed by atoms with Gasteiger partial charge >= 0.3 is 0 Å². The first-order valence-electron chi connectivity index (χ1n) is 5.34. The molecule has 0 aromatic carbocycles. The number of hydrogen-bond acceptors (Lipinski definition) is 4. The molecule has 1 rings (SSSR count). The van der Waals surface area contributed by atoms with Crippen molar-refractivity contribution in [1.82, 2.24) is 4.98 Å². The second kappa shape index (κ2) is 5.47. The molecule has 1 heterocycles. The zero-order chi connectivity index (χ0) is 12.1. The van der Waals surface area contributed by atoms with Crippen LogP contribution < -0.4 is 5.32 Å². The Morgan fingerprint density at radius 1 is 1.50 bits per heavy atom. The van der Waals surface area contributed by atoms with Gasteiger partial charge in [0.1, 0.15) is 5.82 Å². The largest absolute Gasteiger partial charge is 0.393 e. The van der Waals surface area contributed by atoms with E-state index in [-0.39, 0.29) is 12.1 Å². The normalized spacial score (nSPS) is 13.9. The van der Waals surface area contributed by atoms with E-state index in [1.54, 1.807) is 19.1 Å². The zero-order valence-electron chi connectivity index (χ0n) is 9.86. The lowest BCUT2D eigenvalue weighted by molar-refractivity contribution is 0.179. The molecule has 2 atom stereocenters. The lowest BCUT2D eigenvalue weighted by atomic mass is 10.1. The molecule has 0 saturated heterocycles. The predicted octanol–water partition coefficient (Wildman–Crippen LogP) is 1.83. The number of nitrogens with one attached hydrogen (secondary N) is 1. The highest BCUT2D eigenvalue weighted by atomic mass is 16.3. The summed E-state index contributed by atoms with van der Waals surface area (Å²) in [5.74, 6) is 0.685. The zero-order valence-corrected chi connectivity index (χ0v) is 9.86.